The first kappa shape index (κ1) is 15.0. The van der Waals surface area contributed by atoms with Crippen molar-refractivity contribution in [3.63, 3.8) is 0 Å². The Morgan fingerprint density at radius 2 is 1.94 bits per heavy atom. The van der Waals surface area contributed by atoms with Crippen LogP contribution in [-0.4, -0.2) is 9.96 Å². The third kappa shape index (κ3) is 4.33. The lowest BCUT2D eigenvalue weighted by atomic mass is 10.1. The van der Waals surface area contributed by atoms with Crippen LogP contribution in [0, 0.1) is 5.92 Å². The van der Waals surface area contributed by atoms with Crippen molar-refractivity contribution in [2.24, 2.45) is 5.92 Å². The fourth-order valence-electron chi connectivity index (χ4n) is 1.59. The van der Waals surface area contributed by atoms with Gasteiger partial charge >= 0.3 is 6.18 Å². The van der Waals surface area contributed by atoms with Crippen LogP contribution in [-0.2, 0) is 22.7 Å². The largest absolute Gasteiger partial charge is 0.416 e. The predicted molar refractivity (Wildman–Crippen MR) is 67.4 cm³/mol. The van der Waals surface area contributed by atoms with E-state index in [4.69, 9.17) is 5.73 Å². The molecule has 2 N–H and O–H groups in total. The molecule has 0 aliphatic rings. The van der Waals surface area contributed by atoms with Gasteiger partial charge in [-0.2, -0.15) is 13.2 Å². The van der Waals surface area contributed by atoms with E-state index < -0.39 is 22.5 Å². The van der Waals surface area contributed by atoms with Crippen molar-refractivity contribution < 1.29 is 17.4 Å². The number of halogens is 3. The third-order valence-corrected chi connectivity index (χ3v) is 3.95. The number of hydrogen-bond donors (Lipinski definition) is 1. The molecule has 1 atom stereocenters. The van der Waals surface area contributed by atoms with Gasteiger partial charge in [-0.15, -0.1) is 0 Å². The van der Waals surface area contributed by atoms with Gasteiger partial charge < -0.3 is 5.73 Å². The van der Waals surface area contributed by atoms with Gasteiger partial charge in [0.1, 0.15) is 0 Å². The topological polar surface area (TPSA) is 43.1 Å². The van der Waals surface area contributed by atoms with Crippen molar-refractivity contribution in [2.75, 3.05) is 11.5 Å². The maximum Gasteiger partial charge on any atom is 0.416 e. The average Bonchev–Trinajstić information content (AvgIpc) is 2.17. The van der Waals surface area contributed by atoms with Crippen LogP contribution in [0.25, 0.3) is 0 Å². The maximum absolute atomic E-state index is 12.8. The molecule has 1 aromatic carbocycles. The minimum absolute atomic E-state index is 0.0377. The molecule has 0 amide bonds. The van der Waals surface area contributed by atoms with Crippen LogP contribution in [0.2, 0.25) is 0 Å². The van der Waals surface area contributed by atoms with Gasteiger partial charge in [0.25, 0.3) is 0 Å². The lowest BCUT2D eigenvalue weighted by molar-refractivity contribution is -0.138. The molecular formula is C12H16F3NOS. The highest BCUT2D eigenvalue weighted by Gasteiger charge is 2.33. The standard InChI is InChI=1S/C12H16F3NOS/c1-8(2)6-18(17)7-9-3-4-10(16)5-11(9)12(13,14)15/h3-5,8H,6-7,16H2,1-2H3. The third-order valence-electron chi connectivity index (χ3n) is 2.28. The number of hydrogen-bond acceptors (Lipinski definition) is 2. The molecule has 0 radical (unpaired) electrons. The van der Waals surface area contributed by atoms with E-state index in [2.05, 4.69) is 0 Å². The number of anilines is 1. The second-order valence-electron chi connectivity index (χ2n) is 4.56. The van der Waals surface area contributed by atoms with Crippen LogP contribution >= 0.6 is 0 Å². The Bertz CT molecular complexity index is 443. The second-order valence-corrected chi connectivity index (χ2v) is 6.06. The van der Waals surface area contributed by atoms with Crippen LogP contribution in [0.5, 0.6) is 0 Å². The van der Waals surface area contributed by atoms with Crippen molar-refractivity contribution in [1.82, 2.24) is 0 Å². The summed E-state index contributed by atoms with van der Waals surface area (Å²) in [6.07, 6.45) is -4.47. The normalized spacial score (nSPS) is 13.9. The number of benzene rings is 1. The number of alkyl halides is 3. The summed E-state index contributed by atoms with van der Waals surface area (Å²) in [6.45, 7) is 3.76. The van der Waals surface area contributed by atoms with Gasteiger partial charge in [0.2, 0.25) is 0 Å². The number of nitrogens with two attached hydrogens (primary N) is 1. The van der Waals surface area contributed by atoms with Crippen LogP contribution in [0.15, 0.2) is 18.2 Å². The highest BCUT2D eigenvalue weighted by atomic mass is 32.2. The Morgan fingerprint density at radius 1 is 1.33 bits per heavy atom. The maximum atomic E-state index is 12.8. The summed E-state index contributed by atoms with van der Waals surface area (Å²) in [5, 5.41) is 0. The fraction of sp³-hybridized carbons (Fsp3) is 0.500. The first-order chi connectivity index (χ1) is 8.20. The van der Waals surface area contributed by atoms with Gasteiger partial charge in [0.15, 0.2) is 0 Å². The van der Waals surface area contributed by atoms with Crippen molar-refractivity contribution in [1.29, 1.82) is 0 Å². The molecule has 6 heteroatoms. The van der Waals surface area contributed by atoms with Crippen LogP contribution in [0.1, 0.15) is 25.0 Å². The van der Waals surface area contributed by atoms with Crippen molar-refractivity contribution in [2.45, 2.75) is 25.8 Å². The van der Waals surface area contributed by atoms with Gasteiger partial charge in [-0.05, 0) is 23.6 Å². The predicted octanol–water partition coefficient (Wildman–Crippen LogP) is 3.19. The molecule has 18 heavy (non-hydrogen) atoms. The quantitative estimate of drug-likeness (QED) is 0.860. The minimum atomic E-state index is -4.47. The Hall–Kier alpha value is -1.04. The zero-order valence-corrected chi connectivity index (χ0v) is 11.1. The van der Waals surface area contributed by atoms with Gasteiger partial charge in [-0.1, -0.05) is 19.9 Å². The summed E-state index contributed by atoms with van der Waals surface area (Å²) in [5.74, 6) is 0.489. The minimum Gasteiger partial charge on any atom is -0.399 e. The molecule has 0 aliphatic heterocycles. The second kappa shape index (κ2) is 5.73. The fourth-order valence-corrected chi connectivity index (χ4v) is 3.05. The molecule has 0 aromatic heterocycles. The molecule has 0 heterocycles. The van der Waals surface area contributed by atoms with E-state index in [0.717, 1.165) is 6.07 Å². The first-order valence-electron chi connectivity index (χ1n) is 5.50. The molecule has 1 rings (SSSR count). The Morgan fingerprint density at radius 3 is 2.44 bits per heavy atom. The summed E-state index contributed by atoms with van der Waals surface area (Å²) in [4.78, 5) is 0. The zero-order chi connectivity index (χ0) is 13.9. The molecule has 1 unspecified atom stereocenters. The molecule has 1 aromatic rings. The van der Waals surface area contributed by atoms with Crippen molar-refractivity contribution in [3.05, 3.63) is 29.3 Å². The average molecular weight is 279 g/mol. The molecular weight excluding hydrogens is 263 g/mol. The molecule has 2 nitrogen and oxygen atoms in total. The number of nitrogen functional groups attached to an aromatic ring is 1. The summed E-state index contributed by atoms with van der Waals surface area (Å²) in [7, 11) is -1.29. The molecule has 0 fully saturated rings. The van der Waals surface area contributed by atoms with E-state index in [9.17, 15) is 17.4 Å². The summed E-state index contributed by atoms with van der Waals surface area (Å²) in [5.41, 5.74) is 4.66. The molecule has 0 aliphatic carbocycles. The molecule has 102 valence electrons. The van der Waals surface area contributed by atoms with E-state index in [1.54, 1.807) is 0 Å². The molecule has 0 saturated heterocycles. The summed E-state index contributed by atoms with van der Waals surface area (Å²) >= 11 is 0. The van der Waals surface area contributed by atoms with Crippen LogP contribution in [0.4, 0.5) is 18.9 Å². The van der Waals surface area contributed by atoms with E-state index >= 15 is 0 Å². The molecule has 0 spiro atoms. The summed E-state index contributed by atoms with van der Waals surface area (Å²) < 4.78 is 50.1. The SMILES string of the molecule is CC(C)CS(=O)Cc1ccc(N)cc1C(F)(F)F. The van der Waals surface area contributed by atoms with E-state index in [1.165, 1.54) is 12.1 Å². The Kier molecular flexibility index (Phi) is 4.78. The highest BCUT2D eigenvalue weighted by Crippen LogP contribution is 2.33. The van der Waals surface area contributed by atoms with Gasteiger partial charge in [-0.25, -0.2) is 0 Å². The van der Waals surface area contributed by atoms with E-state index in [1.807, 2.05) is 13.8 Å². The van der Waals surface area contributed by atoms with E-state index in [-0.39, 0.29) is 22.9 Å². The number of rotatable bonds is 4. The van der Waals surface area contributed by atoms with Gasteiger partial charge in [-0.3, -0.25) is 4.21 Å². The summed E-state index contributed by atoms with van der Waals surface area (Å²) in [6, 6.07) is 3.59. The van der Waals surface area contributed by atoms with Crippen LogP contribution < -0.4 is 5.73 Å². The Labute approximate surface area is 107 Å². The van der Waals surface area contributed by atoms with Crippen LogP contribution in [0.3, 0.4) is 0 Å². The molecule has 0 bridgehead atoms. The van der Waals surface area contributed by atoms with Crippen molar-refractivity contribution in [3.8, 4) is 0 Å². The van der Waals surface area contributed by atoms with Gasteiger partial charge in [0.05, 0.1) is 5.56 Å². The molecule has 0 saturated carbocycles. The van der Waals surface area contributed by atoms with Crippen molar-refractivity contribution >= 4 is 16.5 Å². The lowest BCUT2D eigenvalue weighted by Gasteiger charge is -2.14. The smallest absolute Gasteiger partial charge is 0.399 e. The first-order valence-corrected chi connectivity index (χ1v) is 6.99. The lowest BCUT2D eigenvalue weighted by Crippen LogP contribution is -2.13. The highest BCUT2D eigenvalue weighted by molar-refractivity contribution is 7.84. The van der Waals surface area contributed by atoms with E-state index in [0.29, 0.717) is 5.75 Å². The Balaban J connectivity index is 2.99. The monoisotopic (exact) mass is 279 g/mol. The zero-order valence-electron chi connectivity index (χ0n) is 10.3. The van der Waals surface area contributed by atoms with Gasteiger partial charge in [0, 0.05) is 28.0 Å².